The highest BCUT2D eigenvalue weighted by Crippen LogP contribution is 2.50. The van der Waals surface area contributed by atoms with E-state index in [9.17, 15) is 4.79 Å². The van der Waals surface area contributed by atoms with E-state index in [-0.39, 0.29) is 17.7 Å². The summed E-state index contributed by atoms with van der Waals surface area (Å²) in [6.07, 6.45) is 0.815. The minimum atomic E-state index is -0.0619. The SMILES string of the molecule is COc1ccc(N)c(NC(=O)C2CC2c2ccc3c(c2)OCCO3)c1. The van der Waals surface area contributed by atoms with Crippen molar-refractivity contribution < 1.29 is 19.0 Å². The molecule has 0 aromatic heterocycles. The topological polar surface area (TPSA) is 82.8 Å². The lowest BCUT2D eigenvalue weighted by Crippen LogP contribution is -2.16. The lowest BCUT2D eigenvalue weighted by atomic mass is 10.1. The average Bonchev–Trinajstić information content (AvgIpc) is 3.44. The molecule has 0 spiro atoms. The Bertz CT molecular complexity index is 821. The number of hydrogen-bond acceptors (Lipinski definition) is 5. The highest BCUT2D eigenvalue weighted by Gasteiger charge is 2.44. The predicted molar refractivity (Wildman–Crippen MR) is 94.3 cm³/mol. The van der Waals surface area contributed by atoms with Gasteiger partial charge in [0.05, 0.1) is 18.5 Å². The van der Waals surface area contributed by atoms with E-state index in [4.69, 9.17) is 19.9 Å². The van der Waals surface area contributed by atoms with Gasteiger partial charge in [-0.25, -0.2) is 0 Å². The van der Waals surface area contributed by atoms with Gasteiger partial charge in [-0.05, 0) is 42.2 Å². The third-order valence-electron chi connectivity index (χ3n) is 4.64. The monoisotopic (exact) mass is 340 g/mol. The maximum absolute atomic E-state index is 12.5. The summed E-state index contributed by atoms with van der Waals surface area (Å²) in [5.41, 5.74) is 8.13. The van der Waals surface area contributed by atoms with E-state index in [0.717, 1.165) is 23.5 Å². The number of ether oxygens (including phenoxy) is 3. The molecule has 2 aromatic carbocycles. The highest BCUT2D eigenvalue weighted by molar-refractivity contribution is 5.97. The van der Waals surface area contributed by atoms with Gasteiger partial charge in [-0.2, -0.15) is 0 Å². The van der Waals surface area contributed by atoms with Gasteiger partial charge in [0.2, 0.25) is 5.91 Å². The molecule has 1 saturated carbocycles. The van der Waals surface area contributed by atoms with Crippen LogP contribution < -0.4 is 25.3 Å². The van der Waals surface area contributed by atoms with Crippen molar-refractivity contribution in [2.75, 3.05) is 31.4 Å². The standard InChI is InChI=1S/C19H20N2O4/c1-23-12-3-4-15(20)16(9-12)21-19(22)14-10-13(14)11-2-5-17-18(8-11)25-7-6-24-17/h2-5,8-9,13-14H,6-7,10,20H2,1H3,(H,21,22). The van der Waals surface area contributed by atoms with E-state index in [1.165, 1.54) is 0 Å². The molecule has 4 rings (SSSR count). The minimum Gasteiger partial charge on any atom is -0.497 e. The molecule has 2 aromatic rings. The molecular formula is C19H20N2O4. The number of rotatable bonds is 4. The van der Waals surface area contributed by atoms with Crippen LogP contribution in [0.2, 0.25) is 0 Å². The van der Waals surface area contributed by atoms with Crippen molar-refractivity contribution in [3.63, 3.8) is 0 Å². The summed E-state index contributed by atoms with van der Waals surface area (Å²) in [6.45, 7) is 1.13. The van der Waals surface area contributed by atoms with E-state index < -0.39 is 0 Å². The number of carbonyl (C=O) groups is 1. The summed E-state index contributed by atoms with van der Waals surface area (Å²) < 4.78 is 16.3. The molecule has 1 heterocycles. The third kappa shape index (κ3) is 3.07. The maximum atomic E-state index is 12.5. The molecule has 1 aliphatic carbocycles. The normalized spacial score (nSPS) is 20.7. The number of methoxy groups -OCH3 is 1. The molecular weight excluding hydrogens is 320 g/mol. The highest BCUT2D eigenvalue weighted by atomic mass is 16.6. The van der Waals surface area contributed by atoms with Crippen LogP contribution in [0.4, 0.5) is 11.4 Å². The van der Waals surface area contributed by atoms with Crippen LogP contribution in [0.5, 0.6) is 17.2 Å². The Hall–Kier alpha value is -2.89. The Balaban J connectivity index is 1.45. The fourth-order valence-electron chi connectivity index (χ4n) is 3.14. The number of nitrogen functional groups attached to an aromatic ring is 1. The van der Waals surface area contributed by atoms with Gasteiger partial charge in [0.25, 0.3) is 0 Å². The Labute approximate surface area is 145 Å². The fraction of sp³-hybridized carbons (Fsp3) is 0.316. The zero-order chi connectivity index (χ0) is 17.4. The van der Waals surface area contributed by atoms with Gasteiger partial charge < -0.3 is 25.3 Å². The molecule has 0 bridgehead atoms. The molecule has 25 heavy (non-hydrogen) atoms. The van der Waals surface area contributed by atoms with Gasteiger partial charge >= 0.3 is 0 Å². The summed E-state index contributed by atoms with van der Waals surface area (Å²) in [4.78, 5) is 12.5. The summed E-state index contributed by atoms with van der Waals surface area (Å²) in [5.74, 6) is 2.28. The lowest BCUT2D eigenvalue weighted by molar-refractivity contribution is -0.117. The van der Waals surface area contributed by atoms with E-state index in [0.29, 0.717) is 30.3 Å². The first-order valence-corrected chi connectivity index (χ1v) is 8.29. The number of anilines is 2. The number of nitrogens with two attached hydrogens (primary N) is 1. The van der Waals surface area contributed by atoms with Gasteiger partial charge in [0, 0.05) is 12.0 Å². The summed E-state index contributed by atoms with van der Waals surface area (Å²) >= 11 is 0. The Morgan fingerprint density at radius 2 is 1.96 bits per heavy atom. The summed E-state index contributed by atoms with van der Waals surface area (Å²) in [6, 6.07) is 11.1. The Kier molecular flexibility index (Phi) is 3.87. The van der Waals surface area contributed by atoms with Crippen LogP contribution in [0.15, 0.2) is 36.4 Å². The average molecular weight is 340 g/mol. The van der Waals surface area contributed by atoms with E-state index in [1.54, 1.807) is 25.3 Å². The van der Waals surface area contributed by atoms with Crippen LogP contribution in [0.3, 0.4) is 0 Å². The molecule has 2 aliphatic rings. The molecule has 0 saturated heterocycles. The molecule has 2 unspecified atom stereocenters. The minimum absolute atomic E-state index is 0.0279. The largest absolute Gasteiger partial charge is 0.497 e. The van der Waals surface area contributed by atoms with Crippen LogP contribution in [0, 0.1) is 5.92 Å². The third-order valence-corrected chi connectivity index (χ3v) is 4.64. The number of fused-ring (bicyclic) bond motifs is 1. The van der Waals surface area contributed by atoms with E-state index in [2.05, 4.69) is 5.32 Å². The van der Waals surface area contributed by atoms with Gasteiger partial charge in [0.15, 0.2) is 11.5 Å². The second-order valence-electron chi connectivity index (χ2n) is 6.29. The molecule has 6 nitrogen and oxygen atoms in total. The van der Waals surface area contributed by atoms with Crippen molar-refractivity contribution in [3.8, 4) is 17.2 Å². The Morgan fingerprint density at radius 1 is 1.16 bits per heavy atom. The Morgan fingerprint density at radius 3 is 2.76 bits per heavy atom. The molecule has 1 fully saturated rings. The zero-order valence-corrected chi connectivity index (χ0v) is 14.0. The first-order valence-electron chi connectivity index (χ1n) is 8.29. The molecule has 0 radical (unpaired) electrons. The van der Waals surface area contributed by atoms with E-state index >= 15 is 0 Å². The fourth-order valence-corrected chi connectivity index (χ4v) is 3.14. The molecule has 1 amide bonds. The number of nitrogens with one attached hydrogen (secondary N) is 1. The number of hydrogen-bond donors (Lipinski definition) is 2. The molecule has 130 valence electrons. The van der Waals surface area contributed by atoms with Crippen molar-refractivity contribution in [1.82, 2.24) is 0 Å². The van der Waals surface area contributed by atoms with E-state index in [1.807, 2.05) is 18.2 Å². The van der Waals surface area contributed by atoms with Crippen LogP contribution in [-0.2, 0) is 4.79 Å². The van der Waals surface area contributed by atoms with Crippen LogP contribution in [0.25, 0.3) is 0 Å². The van der Waals surface area contributed by atoms with Crippen molar-refractivity contribution in [2.45, 2.75) is 12.3 Å². The van der Waals surface area contributed by atoms with Gasteiger partial charge in [-0.15, -0.1) is 0 Å². The number of benzene rings is 2. The van der Waals surface area contributed by atoms with Crippen LogP contribution in [-0.4, -0.2) is 26.2 Å². The van der Waals surface area contributed by atoms with Crippen molar-refractivity contribution in [2.24, 2.45) is 5.92 Å². The quantitative estimate of drug-likeness (QED) is 0.836. The second kappa shape index (κ2) is 6.20. The smallest absolute Gasteiger partial charge is 0.228 e. The second-order valence-corrected chi connectivity index (χ2v) is 6.29. The molecule has 1 aliphatic heterocycles. The summed E-state index contributed by atoms with van der Waals surface area (Å²) in [7, 11) is 1.58. The van der Waals surface area contributed by atoms with Crippen molar-refractivity contribution in [1.29, 1.82) is 0 Å². The molecule has 2 atom stereocenters. The zero-order valence-electron chi connectivity index (χ0n) is 14.0. The first-order chi connectivity index (χ1) is 12.2. The summed E-state index contributed by atoms with van der Waals surface area (Å²) in [5, 5.41) is 2.91. The van der Waals surface area contributed by atoms with Gasteiger partial charge in [-0.1, -0.05) is 6.07 Å². The molecule has 3 N–H and O–H groups in total. The first kappa shape index (κ1) is 15.6. The van der Waals surface area contributed by atoms with Gasteiger partial charge in [0.1, 0.15) is 19.0 Å². The predicted octanol–water partition coefficient (Wildman–Crippen LogP) is 2.79. The van der Waals surface area contributed by atoms with Crippen molar-refractivity contribution >= 4 is 17.3 Å². The van der Waals surface area contributed by atoms with Gasteiger partial charge in [-0.3, -0.25) is 4.79 Å². The maximum Gasteiger partial charge on any atom is 0.228 e. The number of amides is 1. The lowest BCUT2D eigenvalue weighted by Gasteiger charge is -2.18. The van der Waals surface area contributed by atoms with Crippen LogP contribution >= 0.6 is 0 Å². The number of carbonyl (C=O) groups excluding carboxylic acids is 1. The molecule has 6 heteroatoms. The van der Waals surface area contributed by atoms with Crippen LogP contribution in [0.1, 0.15) is 17.9 Å². The van der Waals surface area contributed by atoms with Crippen molar-refractivity contribution in [3.05, 3.63) is 42.0 Å².